The number of hydrogen-bond acceptors (Lipinski definition) is 3. The van der Waals surface area contributed by atoms with Gasteiger partial charge >= 0.3 is 5.97 Å². The number of phenolic OH excluding ortho intramolecular Hbond substituents is 1. The molecule has 1 aromatic rings. The maximum absolute atomic E-state index is 11.4. The number of fused-ring (bicyclic) bond motifs is 1. The monoisotopic (exact) mass is 291 g/mol. The van der Waals surface area contributed by atoms with E-state index in [-0.39, 0.29) is 11.8 Å². The molecule has 4 heteroatoms. The number of aromatic hydroxyl groups is 1. The first kappa shape index (κ1) is 15.8. The summed E-state index contributed by atoms with van der Waals surface area (Å²) in [5, 5.41) is 22.8. The quantitative estimate of drug-likeness (QED) is 0.778. The average molecular weight is 291 g/mol. The molecule has 0 bridgehead atoms. The summed E-state index contributed by atoms with van der Waals surface area (Å²) in [5.74, 6) is 0.0872. The molecule has 0 heterocycles. The van der Waals surface area contributed by atoms with Crippen LogP contribution < -0.4 is 5.32 Å². The van der Waals surface area contributed by atoms with Crippen molar-refractivity contribution in [1.29, 1.82) is 0 Å². The van der Waals surface area contributed by atoms with Crippen LogP contribution in [0.15, 0.2) is 12.1 Å². The lowest BCUT2D eigenvalue weighted by atomic mass is 9.97. The van der Waals surface area contributed by atoms with E-state index in [0.717, 1.165) is 17.5 Å². The molecule has 1 aliphatic carbocycles. The molecular formula is C17H25NO3. The van der Waals surface area contributed by atoms with Gasteiger partial charge in [-0.1, -0.05) is 26.8 Å². The Labute approximate surface area is 126 Å². The second kappa shape index (κ2) is 6.06. The minimum atomic E-state index is -0.822. The van der Waals surface area contributed by atoms with Gasteiger partial charge in [-0.05, 0) is 48.8 Å². The molecule has 3 atom stereocenters. The zero-order valence-corrected chi connectivity index (χ0v) is 13.2. The molecule has 0 aliphatic heterocycles. The van der Waals surface area contributed by atoms with Crippen molar-refractivity contribution in [2.45, 2.75) is 58.5 Å². The molecule has 0 amide bonds. The van der Waals surface area contributed by atoms with Gasteiger partial charge in [-0.2, -0.15) is 0 Å². The van der Waals surface area contributed by atoms with E-state index in [1.807, 2.05) is 26.8 Å². The normalized spacial score (nSPS) is 22.3. The van der Waals surface area contributed by atoms with Crippen LogP contribution in [0.5, 0.6) is 5.75 Å². The van der Waals surface area contributed by atoms with Crippen LogP contribution in [0, 0.1) is 12.8 Å². The summed E-state index contributed by atoms with van der Waals surface area (Å²) in [6.07, 6.45) is 1.41. The van der Waals surface area contributed by atoms with Crippen LogP contribution in [0.1, 0.15) is 62.3 Å². The number of carbonyl (C=O) groups is 1. The van der Waals surface area contributed by atoms with Crippen molar-refractivity contribution in [3.05, 3.63) is 28.8 Å². The molecule has 116 valence electrons. The maximum atomic E-state index is 11.4. The Morgan fingerprint density at radius 3 is 2.62 bits per heavy atom. The standard InChI is InChI=1S/C17H25NO3/c1-9(2)7-13(17(20)21)18-12-8-11(4)15-10(3)5-6-14(19)16(12)15/h5-6,9,11-13,18-19H,7-8H2,1-4H3,(H,20,21). The lowest BCUT2D eigenvalue weighted by Crippen LogP contribution is -2.39. The Kier molecular flexibility index (Phi) is 4.57. The van der Waals surface area contributed by atoms with Crippen molar-refractivity contribution >= 4 is 5.97 Å². The minimum Gasteiger partial charge on any atom is -0.508 e. The fourth-order valence-electron chi connectivity index (χ4n) is 3.45. The largest absolute Gasteiger partial charge is 0.508 e. The van der Waals surface area contributed by atoms with Gasteiger partial charge in [0.15, 0.2) is 0 Å². The van der Waals surface area contributed by atoms with Crippen LogP contribution >= 0.6 is 0 Å². The Balaban J connectivity index is 2.28. The zero-order valence-electron chi connectivity index (χ0n) is 13.2. The van der Waals surface area contributed by atoms with E-state index in [4.69, 9.17) is 0 Å². The van der Waals surface area contributed by atoms with Crippen LogP contribution in [0.3, 0.4) is 0 Å². The second-order valence-corrected chi connectivity index (χ2v) is 6.61. The molecule has 0 saturated heterocycles. The minimum absolute atomic E-state index is 0.0882. The molecule has 1 aromatic carbocycles. The summed E-state index contributed by atoms with van der Waals surface area (Å²) in [4.78, 5) is 11.4. The molecule has 3 unspecified atom stereocenters. The number of phenols is 1. The number of carboxylic acids is 1. The first-order chi connectivity index (χ1) is 9.81. The van der Waals surface area contributed by atoms with Crippen LogP contribution in [-0.2, 0) is 4.79 Å². The smallest absolute Gasteiger partial charge is 0.320 e. The fraction of sp³-hybridized carbons (Fsp3) is 0.588. The van der Waals surface area contributed by atoms with E-state index in [1.54, 1.807) is 6.07 Å². The second-order valence-electron chi connectivity index (χ2n) is 6.61. The number of carboxylic acid groups (broad SMARTS) is 1. The third-order valence-electron chi connectivity index (χ3n) is 4.32. The highest BCUT2D eigenvalue weighted by Crippen LogP contribution is 2.46. The molecule has 0 spiro atoms. The molecule has 21 heavy (non-hydrogen) atoms. The summed E-state index contributed by atoms with van der Waals surface area (Å²) in [5.41, 5.74) is 3.22. The van der Waals surface area contributed by atoms with Gasteiger partial charge in [0.1, 0.15) is 11.8 Å². The first-order valence-electron chi connectivity index (χ1n) is 7.62. The zero-order chi connectivity index (χ0) is 15.7. The van der Waals surface area contributed by atoms with E-state index in [2.05, 4.69) is 12.2 Å². The molecule has 0 fully saturated rings. The number of hydrogen-bond donors (Lipinski definition) is 3. The average Bonchev–Trinajstić information content (AvgIpc) is 2.70. The third-order valence-corrected chi connectivity index (χ3v) is 4.32. The molecule has 4 nitrogen and oxygen atoms in total. The van der Waals surface area contributed by atoms with E-state index in [1.165, 1.54) is 5.56 Å². The van der Waals surface area contributed by atoms with Gasteiger partial charge in [0.05, 0.1) is 0 Å². The Hall–Kier alpha value is -1.55. The first-order valence-corrected chi connectivity index (χ1v) is 7.62. The Morgan fingerprint density at radius 2 is 2.05 bits per heavy atom. The van der Waals surface area contributed by atoms with Gasteiger partial charge in [-0.3, -0.25) is 10.1 Å². The fourth-order valence-corrected chi connectivity index (χ4v) is 3.45. The Bertz CT molecular complexity index is 539. The van der Waals surface area contributed by atoms with E-state index < -0.39 is 12.0 Å². The lowest BCUT2D eigenvalue weighted by molar-refractivity contribution is -0.140. The van der Waals surface area contributed by atoms with Crippen molar-refractivity contribution in [2.75, 3.05) is 0 Å². The van der Waals surface area contributed by atoms with Gasteiger partial charge in [0.2, 0.25) is 0 Å². The summed E-state index contributed by atoms with van der Waals surface area (Å²) in [6.45, 7) is 8.21. The summed E-state index contributed by atoms with van der Waals surface area (Å²) in [7, 11) is 0. The van der Waals surface area contributed by atoms with E-state index in [9.17, 15) is 15.0 Å². The van der Waals surface area contributed by atoms with Gasteiger partial charge < -0.3 is 10.2 Å². The summed E-state index contributed by atoms with van der Waals surface area (Å²) >= 11 is 0. The molecule has 0 saturated carbocycles. The van der Waals surface area contributed by atoms with Gasteiger partial charge in [0, 0.05) is 11.6 Å². The predicted octanol–water partition coefficient (Wildman–Crippen LogP) is 3.34. The van der Waals surface area contributed by atoms with Crippen LogP contribution in [0.25, 0.3) is 0 Å². The molecule has 1 aliphatic rings. The van der Waals surface area contributed by atoms with E-state index >= 15 is 0 Å². The molecular weight excluding hydrogens is 266 g/mol. The molecule has 3 N–H and O–H groups in total. The van der Waals surface area contributed by atoms with Gasteiger partial charge in [-0.15, -0.1) is 0 Å². The number of benzene rings is 1. The van der Waals surface area contributed by atoms with Gasteiger partial charge in [-0.25, -0.2) is 0 Å². The van der Waals surface area contributed by atoms with Crippen molar-refractivity contribution in [3.8, 4) is 5.75 Å². The van der Waals surface area contributed by atoms with E-state index in [0.29, 0.717) is 18.3 Å². The highest BCUT2D eigenvalue weighted by atomic mass is 16.4. The number of rotatable bonds is 5. The SMILES string of the molecule is Cc1ccc(O)c2c1C(C)CC2NC(CC(C)C)C(=O)O. The van der Waals surface area contributed by atoms with Crippen molar-refractivity contribution in [1.82, 2.24) is 5.32 Å². The van der Waals surface area contributed by atoms with Crippen molar-refractivity contribution in [3.63, 3.8) is 0 Å². The molecule has 0 radical (unpaired) electrons. The molecule has 0 aromatic heterocycles. The molecule has 2 rings (SSSR count). The predicted molar refractivity (Wildman–Crippen MR) is 82.6 cm³/mol. The summed E-state index contributed by atoms with van der Waals surface area (Å²) in [6, 6.07) is 2.97. The van der Waals surface area contributed by atoms with Crippen molar-refractivity contribution in [2.24, 2.45) is 5.92 Å². The van der Waals surface area contributed by atoms with Crippen LogP contribution in [-0.4, -0.2) is 22.2 Å². The number of aryl methyl sites for hydroxylation is 1. The maximum Gasteiger partial charge on any atom is 0.320 e. The van der Waals surface area contributed by atoms with Crippen LogP contribution in [0.2, 0.25) is 0 Å². The summed E-state index contributed by atoms with van der Waals surface area (Å²) < 4.78 is 0. The van der Waals surface area contributed by atoms with Gasteiger partial charge in [0.25, 0.3) is 0 Å². The Morgan fingerprint density at radius 1 is 1.38 bits per heavy atom. The van der Waals surface area contributed by atoms with Crippen molar-refractivity contribution < 1.29 is 15.0 Å². The highest BCUT2D eigenvalue weighted by Gasteiger charge is 2.34. The lowest BCUT2D eigenvalue weighted by Gasteiger charge is -2.22. The highest BCUT2D eigenvalue weighted by molar-refractivity contribution is 5.73. The third kappa shape index (κ3) is 3.21. The van der Waals surface area contributed by atoms with Crippen LogP contribution in [0.4, 0.5) is 0 Å². The topological polar surface area (TPSA) is 69.6 Å². The number of nitrogens with one attached hydrogen (secondary N) is 1. The number of aliphatic carboxylic acids is 1.